The molecule has 1 heterocycles. The molecule has 0 aromatic heterocycles. The van der Waals surface area contributed by atoms with Gasteiger partial charge < -0.3 is 16.6 Å². The first-order chi connectivity index (χ1) is 8.09. The Morgan fingerprint density at radius 2 is 2.05 bits per heavy atom. The molecule has 0 spiro atoms. The zero-order chi connectivity index (χ0) is 12.7. The maximum absolute atomic E-state index is 10.5. The van der Waals surface area contributed by atoms with Gasteiger partial charge in [-0.2, -0.15) is 0 Å². The number of aliphatic imine (C=N–C) groups is 1. The average Bonchev–Trinajstić information content (AvgIpc) is 2.48. The van der Waals surface area contributed by atoms with Crippen molar-refractivity contribution in [3.8, 4) is 0 Å². The molecule has 0 aromatic rings. The van der Waals surface area contributed by atoms with Gasteiger partial charge in [0, 0.05) is 6.42 Å². The number of aliphatic carboxylic acids is 1. The Balaban J connectivity index is 0. The minimum Gasteiger partial charge on any atom is -0.480 e. The Hall–Kier alpha value is -0.520. The summed E-state index contributed by atoms with van der Waals surface area (Å²) in [7, 11) is 0. The van der Waals surface area contributed by atoms with E-state index in [0.717, 1.165) is 44.4 Å². The second kappa shape index (κ2) is 11.3. The second-order valence-electron chi connectivity index (χ2n) is 4.75. The topological polar surface area (TPSA) is 102 Å². The Kier molecular flexibility index (Phi) is 12.4. The third-order valence-electron chi connectivity index (χ3n) is 3.19. The highest BCUT2D eigenvalue weighted by molar-refractivity contribution is 5.85. The minimum absolute atomic E-state index is 0. The molecule has 2 atom stereocenters. The van der Waals surface area contributed by atoms with Crippen molar-refractivity contribution >= 4 is 36.6 Å². The van der Waals surface area contributed by atoms with Crippen molar-refractivity contribution in [3.05, 3.63) is 0 Å². The molecule has 0 bridgehead atoms. The number of nitrogens with zero attached hydrogens (tertiary/aromatic N) is 1. The zero-order valence-corrected chi connectivity index (χ0v) is 12.7. The van der Waals surface area contributed by atoms with Crippen LogP contribution in [-0.4, -0.2) is 29.0 Å². The van der Waals surface area contributed by atoms with Crippen LogP contribution in [0.3, 0.4) is 0 Å². The maximum Gasteiger partial charge on any atom is 0.320 e. The molecule has 0 saturated carbocycles. The van der Waals surface area contributed by atoms with E-state index < -0.39 is 12.0 Å². The van der Waals surface area contributed by atoms with Crippen molar-refractivity contribution in [2.75, 3.05) is 0 Å². The Morgan fingerprint density at radius 1 is 1.37 bits per heavy atom. The van der Waals surface area contributed by atoms with E-state index in [2.05, 4.69) is 4.99 Å². The summed E-state index contributed by atoms with van der Waals surface area (Å²) >= 11 is 0. The molecule has 0 aliphatic carbocycles. The number of hydrogen-bond acceptors (Lipinski definition) is 4. The number of carbonyl (C=O) groups is 1. The lowest BCUT2D eigenvalue weighted by molar-refractivity contribution is -0.138. The number of hydrogen-bond donors (Lipinski definition) is 3. The molecule has 114 valence electrons. The van der Waals surface area contributed by atoms with Crippen LogP contribution in [0.25, 0.3) is 0 Å². The smallest absolute Gasteiger partial charge is 0.320 e. The summed E-state index contributed by atoms with van der Waals surface area (Å²) in [5.74, 6) is -0.142. The van der Waals surface area contributed by atoms with Crippen LogP contribution in [0.2, 0.25) is 0 Å². The molecule has 0 unspecified atom stereocenters. The predicted octanol–water partition coefficient (Wildman–Crippen LogP) is 2.10. The predicted molar refractivity (Wildman–Crippen MR) is 82.5 cm³/mol. The number of amidine groups is 1. The summed E-state index contributed by atoms with van der Waals surface area (Å²) in [6.07, 6.45) is 7.70. The number of nitrogens with two attached hydrogens (primary N) is 2. The maximum atomic E-state index is 10.5. The normalized spacial score (nSPS) is 20.3. The molecule has 19 heavy (non-hydrogen) atoms. The quantitative estimate of drug-likeness (QED) is 0.653. The van der Waals surface area contributed by atoms with E-state index in [-0.39, 0.29) is 24.8 Å². The SMILES string of the molecule is Cl.Cl.NC1=N[C@@H](CCCC[C@H](N)C(=O)O)CCCC1. The second-order valence-corrected chi connectivity index (χ2v) is 4.75. The third-order valence-corrected chi connectivity index (χ3v) is 3.19. The summed E-state index contributed by atoms with van der Waals surface area (Å²) in [5, 5.41) is 8.64. The van der Waals surface area contributed by atoms with Gasteiger partial charge >= 0.3 is 5.97 Å². The van der Waals surface area contributed by atoms with Gasteiger partial charge in [-0.1, -0.05) is 19.3 Å². The van der Waals surface area contributed by atoms with Crippen LogP contribution in [-0.2, 0) is 4.79 Å². The Labute approximate surface area is 127 Å². The summed E-state index contributed by atoms with van der Waals surface area (Å²) in [4.78, 5) is 15.0. The summed E-state index contributed by atoms with van der Waals surface area (Å²) < 4.78 is 0. The molecule has 5 N–H and O–H groups in total. The van der Waals surface area contributed by atoms with Gasteiger partial charge in [0.05, 0.1) is 11.9 Å². The first-order valence-electron chi connectivity index (χ1n) is 6.40. The van der Waals surface area contributed by atoms with Crippen molar-refractivity contribution in [2.45, 2.75) is 63.5 Å². The van der Waals surface area contributed by atoms with Gasteiger partial charge in [0.15, 0.2) is 0 Å². The average molecular weight is 314 g/mol. The van der Waals surface area contributed by atoms with Gasteiger partial charge in [-0.05, 0) is 25.7 Å². The monoisotopic (exact) mass is 313 g/mol. The van der Waals surface area contributed by atoms with Crippen molar-refractivity contribution in [1.29, 1.82) is 0 Å². The van der Waals surface area contributed by atoms with Gasteiger partial charge in [0.2, 0.25) is 0 Å². The molecule has 1 rings (SSSR count). The molecular formula is C12H25Cl2N3O2. The molecule has 0 radical (unpaired) electrons. The van der Waals surface area contributed by atoms with Crippen molar-refractivity contribution in [1.82, 2.24) is 0 Å². The first-order valence-corrected chi connectivity index (χ1v) is 6.40. The molecule has 0 fully saturated rings. The van der Waals surface area contributed by atoms with Crippen LogP contribution < -0.4 is 11.5 Å². The summed E-state index contributed by atoms with van der Waals surface area (Å²) in [6, 6.07) is -0.392. The molecular weight excluding hydrogens is 289 g/mol. The zero-order valence-electron chi connectivity index (χ0n) is 11.1. The van der Waals surface area contributed by atoms with E-state index in [9.17, 15) is 4.79 Å². The number of carboxylic acids is 1. The lowest BCUT2D eigenvalue weighted by Gasteiger charge is -2.11. The fourth-order valence-electron chi connectivity index (χ4n) is 2.13. The minimum atomic E-state index is -0.915. The van der Waals surface area contributed by atoms with E-state index in [1.165, 1.54) is 6.42 Å². The van der Waals surface area contributed by atoms with Crippen molar-refractivity contribution in [2.24, 2.45) is 16.5 Å². The van der Waals surface area contributed by atoms with E-state index in [1.54, 1.807) is 0 Å². The molecule has 7 heteroatoms. The lowest BCUT2D eigenvalue weighted by Crippen LogP contribution is -2.29. The van der Waals surface area contributed by atoms with Crippen molar-refractivity contribution < 1.29 is 9.90 Å². The Morgan fingerprint density at radius 3 is 2.68 bits per heavy atom. The highest BCUT2D eigenvalue weighted by Crippen LogP contribution is 2.17. The van der Waals surface area contributed by atoms with Gasteiger partial charge in [0.1, 0.15) is 6.04 Å². The van der Waals surface area contributed by atoms with Gasteiger partial charge in [-0.25, -0.2) is 0 Å². The molecule has 1 aliphatic rings. The fourth-order valence-corrected chi connectivity index (χ4v) is 2.13. The van der Waals surface area contributed by atoms with E-state index in [4.69, 9.17) is 16.6 Å². The van der Waals surface area contributed by atoms with Crippen LogP contribution in [0.1, 0.15) is 51.4 Å². The largest absolute Gasteiger partial charge is 0.480 e. The highest BCUT2D eigenvalue weighted by atomic mass is 35.5. The summed E-state index contributed by atoms with van der Waals surface area (Å²) in [6.45, 7) is 0. The number of unbranched alkanes of at least 4 members (excludes halogenated alkanes) is 1. The molecule has 0 saturated heterocycles. The first kappa shape index (κ1) is 20.8. The van der Waals surface area contributed by atoms with Crippen molar-refractivity contribution in [3.63, 3.8) is 0 Å². The Bertz CT molecular complexity index is 288. The van der Waals surface area contributed by atoms with E-state index in [0.29, 0.717) is 12.5 Å². The lowest BCUT2D eigenvalue weighted by atomic mass is 10.0. The van der Waals surface area contributed by atoms with Gasteiger partial charge in [0.25, 0.3) is 0 Å². The van der Waals surface area contributed by atoms with Crippen LogP contribution in [0.15, 0.2) is 4.99 Å². The molecule has 1 aliphatic heterocycles. The number of rotatable bonds is 6. The summed E-state index contributed by atoms with van der Waals surface area (Å²) in [5.41, 5.74) is 11.2. The third kappa shape index (κ3) is 9.08. The van der Waals surface area contributed by atoms with E-state index >= 15 is 0 Å². The van der Waals surface area contributed by atoms with Crippen LogP contribution >= 0.6 is 24.8 Å². The highest BCUT2D eigenvalue weighted by Gasteiger charge is 2.13. The van der Waals surface area contributed by atoms with Crippen LogP contribution in [0.4, 0.5) is 0 Å². The molecule has 5 nitrogen and oxygen atoms in total. The number of halogens is 2. The van der Waals surface area contributed by atoms with Gasteiger partial charge in [-0.15, -0.1) is 24.8 Å². The standard InChI is InChI=1S/C12H23N3O2.2ClH/c13-10(12(16)17)7-3-1-5-9-6-2-4-8-11(14)15-9;;/h9-10H,1-8,13H2,(H2,14,15)(H,16,17);2*1H/t9-,10-;;/m0../s1. The number of carboxylic acid groups (broad SMARTS) is 1. The van der Waals surface area contributed by atoms with Gasteiger partial charge in [-0.3, -0.25) is 9.79 Å². The fraction of sp³-hybridized carbons (Fsp3) is 0.833. The van der Waals surface area contributed by atoms with E-state index in [1.807, 2.05) is 0 Å². The van der Waals surface area contributed by atoms with Crippen LogP contribution in [0, 0.1) is 0 Å². The molecule has 0 amide bonds. The molecule has 0 aromatic carbocycles. The van der Waals surface area contributed by atoms with Crippen LogP contribution in [0.5, 0.6) is 0 Å².